The Hall–Kier alpha value is -1.77. The van der Waals surface area contributed by atoms with Crippen LogP contribution in [0.25, 0.3) is 6.08 Å². The summed E-state index contributed by atoms with van der Waals surface area (Å²) in [6.45, 7) is 3.77. The lowest BCUT2D eigenvalue weighted by molar-refractivity contribution is -0.133. The van der Waals surface area contributed by atoms with Crippen molar-refractivity contribution in [2.75, 3.05) is 19.0 Å². The van der Waals surface area contributed by atoms with Crippen LogP contribution in [-0.2, 0) is 4.79 Å². The first kappa shape index (κ1) is 13.3. The van der Waals surface area contributed by atoms with Crippen molar-refractivity contribution in [3.63, 3.8) is 0 Å². The fraction of sp³-hybridized carbons (Fsp3) is 0.357. The summed E-state index contributed by atoms with van der Waals surface area (Å²) in [5, 5.41) is 9.07. The van der Waals surface area contributed by atoms with Gasteiger partial charge >= 0.3 is 5.97 Å². The first-order valence-corrected chi connectivity index (χ1v) is 5.64. The molecule has 0 saturated carbocycles. The van der Waals surface area contributed by atoms with Crippen LogP contribution in [0.5, 0.6) is 0 Å². The van der Waals surface area contributed by atoms with Gasteiger partial charge in [0.15, 0.2) is 0 Å². The zero-order valence-corrected chi connectivity index (χ0v) is 10.8. The van der Waals surface area contributed by atoms with Gasteiger partial charge in [0.25, 0.3) is 0 Å². The van der Waals surface area contributed by atoms with E-state index in [1.165, 1.54) is 0 Å². The van der Waals surface area contributed by atoms with E-state index in [2.05, 4.69) is 0 Å². The number of carboxylic acids is 1. The molecule has 0 saturated heterocycles. The van der Waals surface area contributed by atoms with Gasteiger partial charge in [-0.15, -0.1) is 0 Å². The summed E-state index contributed by atoms with van der Waals surface area (Å²) in [5.74, 6) is -0.835. The minimum absolute atomic E-state index is 0.0148. The Morgan fingerprint density at radius 2 is 1.76 bits per heavy atom. The van der Waals surface area contributed by atoms with Crippen LogP contribution in [0.4, 0.5) is 5.69 Å². The molecule has 92 valence electrons. The van der Waals surface area contributed by atoms with Crippen LogP contribution in [0.3, 0.4) is 0 Å². The van der Waals surface area contributed by atoms with Crippen molar-refractivity contribution in [2.45, 2.75) is 13.8 Å². The van der Waals surface area contributed by atoms with Crippen LogP contribution in [0, 0.1) is 5.92 Å². The highest BCUT2D eigenvalue weighted by Crippen LogP contribution is 2.18. The van der Waals surface area contributed by atoms with Crippen molar-refractivity contribution >= 4 is 17.7 Å². The topological polar surface area (TPSA) is 40.5 Å². The smallest absolute Gasteiger partial charge is 0.331 e. The Bertz CT molecular complexity index is 416. The molecule has 3 nitrogen and oxygen atoms in total. The maximum absolute atomic E-state index is 11.0. The van der Waals surface area contributed by atoms with E-state index in [-0.39, 0.29) is 5.92 Å². The molecule has 0 radical (unpaired) electrons. The van der Waals surface area contributed by atoms with E-state index in [4.69, 9.17) is 5.11 Å². The van der Waals surface area contributed by atoms with Gasteiger partial charge in [0.2, 0.25) is 0 Å². The molecule has 0 bridgehead atoms. The summed E-state index contributed by atoms with van der Waals surface area (Å²) in [7, 11) is 3.95. The quantitative estimate of drug-likeness (QED) is 0.813. The molecule has 0 aliphatic heterocycles. The Balaban J connectivity index is 3.01. The van der Waals surface area contributed by atoms with E-state index < -0.39 is 5.97 Å². The largest absolute Gasteiger partial charge is 0.478 e. The Morgan fingerprint density at radius 1 is 1.24 bits per heavy atom. The SMILES string of the molecule is CC(C)C(=Cc1ccc(N(C)C)cc1)C(=O)O. The number of rotatable bonds is 4. The van der Waals surface area contributed by atoms with Crippen molar-refractivity contribution in [1.29, 1.82) is 0 Å². The van der Waals surface area contributed by atoms with Crippen LogP contribution < -0.4 is 4.90 Å². The monoisotopic (exact) mass is 233 g/mol. The predicted octanol–water partition coefficient (Wildman–Crippen LogP) is 2.88. The van der Waals surface area contributed by atoms with Crippen molar-refractivity contribution in [1.82, 2.24) is 0 Å². The number of hydrogen-bond acceptors (Lipinski definition) is 2. The molecule has 0 aliphatic rings. The standard InChI is InChI=1S/C14H19NO2/c1-10(2)13(14(16)17)9-11-5-7-12(8-6-11)15(3)4/h5-10H,1-4H3,(H,16,17). The van der Waals surface area contributed by atoms with Crippen LogP contribution in [0.1, 0.15) is 19.4 Å². The van der Waals surface area contributed by atoms with E-state index in [0.717, 1.165) is 11.3 Å². The molecule has 3 heteroatoms. The van der Waals surface area contributed by atoms with Crippen LogP contribution in [0.15, 0.2) is 29.8 Å². The Kier molecular flexibility index (Phi) is 4.32. The highest BCUT2D eigenvalue weighted by Gasteiger charge is 2.11. The van der Waals surface area contributed by atoms with Crippen molar-refractivity contribution in [2.24, 2.45) is 5.92 Å². The number of carboxylic acid groups (broad SMARTS) is 1. The fourth-order valence-electron chi connectivity index (χ4n) is 1.52. The number of carbonyl (C=O) groups is 1. The van der Waals surface area contributed by atoms with E-state index >= 15 is 0 Å². The summed E-state index contributed by atoms with van der Waals surface area (Å²) in [6, 6.07) is 7.82. The van der Waals surface area contributed by atoms with E-state index in [0.29, 0.717) is 5.57 Å². The molecular weight excluding hydrogens is 214 g/mol. The number of hydrogen-bond donors (Lipinski definition) is 1. The van der Waals surface area contributed by atoms with Gasteiger partial charge in [0, 0.05) is 25.4 Å². The zero-order chi connectivity index (χ0) is 13.0. The number of anilines is 1. The fourth-order valence-corrected chi connectivity index (χ4v) is 1.52. The average Bonchev–Trinajstić information content (AvgIpc) is 2.25. The molecule has 1 N–H and O–H groups in total. The van der Waals surface area contributed by atoms with Crippen molar-refractivity contribution < 1.29 is 9.90 Å². The van der Waals surface area contributed by atoms with Crippen molar-refractivity contribution in [3.05, 3.63) is 35.4 Å². The van der Waals surface area contributed by atoms with Gasteiger partial charge in [-0.25, -0.2) is 4.79 Å². The molecule has 0 aliphatic carbocycles. The molecule has 0 aromatic heterocycles. The second kappa shape index (κ2) is 5.53. The van der Waals surface area contributed by atoms with Crippen molar-refractivity contribution in [3.8, 4) is 0 Å². The van der Waals surface area contributed by atoms with Gasteiger partial charge in [0.05, 0.1) is 0 Å². The molecule has 0 amide bonds. The molecule has 0 atom stereocenters. The molecule has 0 heterocycles. The third-order valence-electron chi connectivity index (χ3n) is 2.60. The van der Waals surface area contributed by atoms with E-state index in [1.807, 2.05) is 57.1 Å². The number of aliphatic carboxylic acids is 1. The predicted molar refractivity (Wildman–Crippen MR) is 71.2 cm³/mol. The molecule has 1 aromatic carbocycles. The molecule has 0 fully saturated rings. The van der Waals surface area contributed by atoms with Crippen LogP contribution in [0.2, 0.25) is 0 Å². The third kappa shape index (κ3) is 3.63. The summed E-state index contributed by atoms with van der Waals surface area (Å²) in [5.41, 5.74) is 2.45. The van der Waals surface area contributed by atoms with Gasteiger partial charge in [-0.05, 0) is 29.7 Å². The highest BCUT2D eigenvalue weighted by atomic mass is 16.4. The van der Waals surface area contributed by atoms with E-state index in [9.17, 15) is 4.79 Å². The average molecular weight is 233 g/mol. The van der Waals surface area contributed by atoms with Gasteiger partial charge in [-0.3, -0.25) is 0 Å². The maximum atomic E-state index is 11.0. The molecule has 17 heavy (non-hydrogen) atoms. The van der Waals surface area contributed by atoms with Gasteiger partial charge in [0.1, 0.15) is 0 Å². The number of nitrogens with zero attached hydrogens (tertiary/aromatic N) is 1. The lowest BCUT2D eigenvalue weighted by Crippen LogP contribution is -2.08. The molecule has 0 unspecified atom stereocenters. The Morgan fingerprint density at radius 3 is 2.12 bits per heavy atom. The Labute approximate surface area is 102 Å². The number of benzene rings is 1. The summed E-state index contributed by atoms with van der Waals surface area (Å²) in [4.78, 5) is 13.1. The second-order valence-corrected chi connectivity index (χ2v) is 4.55. The molecular formula is C14H19NO2. The normalized spacial score (nSPS) is 11.7. The minimum atomic E-state index is -0.850. The van der Waals surface area contributed by atoms with Gasteiger partial charge < -0.3 is 10.0 Å². The zero-order valence-electron chi connectivity index (χ0n) is 10.8. The van der Waals surface area contributed by atoms with Gasteiger partial charge in [-0.2, -0.15) is 0 Å². The first-order valence-electron chi connectivity index (χ1n) is 5.64. The molecule has 1 rings (SSSR count). The van der Waals surface area contributed by atoms with E-state index in [1.54, 1.807) is 6.08 Å². The lowest BCUT2D eigenvalue weighted by Gasteiger charge is -2.12. The first-order chi connectivity index (χ1) is 7.91. The minimum Gasteiger partial charge on any atom is -0.478 e. The van der Waals surface area contributed by atoms with Gasteiger partial charge in [-0.1, -0.05) is 26.0 Å². The second-order valence-electron chi connectivity index (χ2n) is 4.55. The van der Waals surface area contributed by atoms with Crippen LogP contribution >= 0.6 is 0 Å². The maximum Gasteiger partial charge on any atom is 0.331 e. The molecule has 1 aromatic rings. The summed E-state index contributed by atoms with van der Waals surface area (Å²) < 4.78 is 0. The lowest BCUT2D eigenvalue weighted by atomic mass is 10.0. The van der Waals surface area contributed by atoms with Crippen LogP contribution in [-0.4, -0.2) is 25.2 Å². The molecule has 0 spiro atoms. The highest BCUT2D eigenvalue weighted by molar-refractivity contribution is 5.92. The summed E-state index contributed by atoms with van der Waals surface area (Å²) in [6.07, 6.45) is 1.73. The third-order valence-corrected chi connectivity index (χ3v) is 2.60. The summed E-state index contributed by atoms with van der Waals surface area (Å²) >= 11 is 0.